The molecular formula is C31H35N5O7. The van der Waals surface area contributed by atoms with Gasteiger partial charge in [0, 0.05) is 37.0 Å². The molecule has 2 heterocycles. The molecule has 2 aliphatic rings. The molecule has 0 saturated carbocycles. The number of phenolic OH excluding ortho intramolecular Hbond substituents is 1. The number of methoxy groups -OCH3 is 1. The van der Waals surface area contributed by atoms with E-state index in [9.17, 15) is 24.8 Å². The molecule has 0 bridgehead atoms. The number of aromatic hydroxyl groups is 1. The fourth-order valence-electron chi connectivity index (χ4n) is 5.28. The maximum atomic E-state index is 13.1. The molecule has 2 amide bonds. The van der Waals surface area contributed by atoms with E-state index in [0.717, 1.165) is 16.9 Å². The Labute approximate surface area is 249 Å². The number of phenols is 1. The van der Waals surface area contributed by atoms with Crippen LogP contribution in [-0.4, -0.2) is 58.8 Å². The number of likely N-dealkylation sites (tertiary alicyclic amines) is 1. The molecule has 1 saturated heterocycles. The van der Waals surface area contributed by atoms with Crippen molar-refractivity contribution in [2.45, 2.75) is 51.8 Å². The van der Waals surface area contributed by atoms with Crippen LogP contribution in [0.4, 0.5) is 27.5 Å². The van der Waals surface area contributed by atoms with E-state index < -0.39 is 16.6 Å². The van der Waals surface area contributed by atoms with Crippen molar-refractivity contribution in [3.8, 4) is 22.6 Å². The first-order chi connectivity index (χ1) is 20.4. The number of amides is 2. The van der Waals surface area contributed by atoms with Crippen molar-refractivity contribution in [2.75, 3.05) is 30.8 Å². The molecule has 43 heavy (non-hydrogen) atoms. The van der Waals surface area contributed by atoms with Crippen LogP contribution in [0.2, 0.25) is 0 Å². The molecule has 226 valence electrons. The Morgan fingerprint density at radius 3 is 2.60 bits per heavy atom. The van der Waals surface area contributed by atoms with Gasteiger partial charge in [-0.15, -0.1) is 0 Å². The van der Waals surface area contributed by atoms with Crippen molar-refractivity contribution in [1.29, 1.82) is 0 Å². The van der Waals surface area contributed by atoms with Crippen molar-refractivity contribution in [2.24, 2.45) is 0 Å². The molecular weight excluding hydrogens is 554 g/mol. The molecule has 12 heteroatoms. The van der Waals surface area contributed by atoms with E-state index >= 15 is 0 Å². The number of anilines is 3. The SMILES string of the molecule is COc1cc(-c2cc(O)c3c(c2)Nc2ccc(CC(=O)N4CCC(NC(=O)OC(C)(C)C)C4)cc2NC3)ccc1[N+](=O)[O-]. The fourth-order valence-corrected chi connectivity index (χ4v) is 5.28. The lowest BCUT2D eigenvalue weighted by Gasteiger charge is -2.22. The minimum atomic E-state index is -0.587. The zero-order valence-electron chi connectivity index (χ0n) is 24.5. The van der Waals surface area contributed by atoms with Gasteiger partial charge in [0.25, 0.3) is 0 Å². The van der Waals surface area contributed by atoms with Crippen LogP contribution >= 0.6 is 0 Å². The van der Waals surface area contributed by atoms with Crippen LogP contribution in [0.25, 0.3) is 11.1 Å². The number of fused-ring (bicyclic) bond motifs is 2. The zero-order valence-corrected chi connectivity index (χ0v) is 24.5. The van der Waals surface area contributed by atoms with E-state index in [1.165, 1.54) is 13.2 Å². The summed E-state index contributed by atoms with van der Waals surface area (Å²) in [5.74, 6) is 0.165. The Bertz CT molecular complexity index is 1580. The summed E-state index contributed by atoms with van der Waals surface area (Å²) in [7, 11) is 1.37. The topological polar surface area (TPSA) is 155 Å². The predicted octanol–water partition coefficient (Wildman–Crippen LogP) is 5.31. The van der Waals surface area contributed by atoms with Gasteiger partial charge < -0.3 is 35.4 Å². The highest BCUT2D eigenvalue weighted by atomic mass is 16.6. The normalized spacial score (nSPS) is 15.7. The Kier molecular flexibility index (Phi) is 8.03. The number of carbonyl (C=O) groups excluding carboxylic acids is 2. The molecule has 0 spiro atoms. The summed E-state index contributed by atoms with van der Waals surface area (Å²) in [6.07, 6.45) is 0.387. The molecule has 1 fully saturated rings. The van der Waals surface area contributed by atoms with E-state index in [1.54, 1.807) is 43.9 Å². The monoisotopic (exact) mass is 589 g/mol. The third-order valence-electron chi connectivity index (χ3n) is 7.36. The maximum absolute atomic E-state index is 13.1. The van der Waals surface area contributed by atoms with Crippen molar-refractivity contribution < 1.29 is 29.1 Å². The lowest BCUT2D eigenvalue weighted by Crippen LogP contribution is -2.41. The lowest BCUT2D eigenvalue weighted by molar-refractivity contribution is -0.385. The highest BCUT2D eigenvalue weighted by Crippen LogP contribution is 2.41. The van der Waals surface area contributed by atoms with Crippen molar-refractivity contribution in [1.82, 2.24) is 10.2 Å². The molecule has 4 N–H and O–H groups in total. The predicted molar refractivity (Wildman–Crippen MR) is 162 cm³/mol. The number of alkyl carbamates (subject to hydrolysis) is 1. The Morgan fingerprint density at radius 1 is 1.09 bits per heavy atom. The molecule has 0 aliphatic carbocycles. The van der Waals surface area contributed by atoms with Crippen molar-refractivity contribution in [3.63, 3.8) is 0 Å². The second-order valence-electron chi connectivity index (χ2n) is 11.7. The van der Waals surface area contributed by atoms with Crippen LogP contribution in [0.1, 0.15) is 38.3 Å². The summed E-state index contributed by atoms with van der Waals surface area (Å²) >= 11 is 0. The average Bonchev–Trinajstić information content (AvgIpc) is 3.32. The Hall–Kier alpha value is -5.00. The van der Waals surface area contributed by atoms with E-state index in [0.29, 0.717) is 48.4 Å². The number of ether oxygens (including phenoxy) is 2. The molecule has 0 aromatic heterocycles. The van der Waals surface area contributed by atoms with Gasteiger partial charge in [0.05, 0.1) is 35.9 Å². The van der Waals surface area contributed by atoms with Crippen LogP contribution < -0.4 is 20.7 Å². The van der Waals surface area contributed by atoms with Gasteiger partial charge in [-0.1, -0.05) is 6.07 Å². The molecule has 3 aromatic carbocycles. The van der Waals surface area contributed by atoms with Crippen molar-refractivity contribution in [3.05, 3.63) is 69.8 Å². The number of benzene rings is 3. The Balaban J connectivity index is 1.27. The number of hydrogen-bond acceptors (Lipinski definition) is 9. The highest BCUT2D eigenvalue weighted by molar-refractivity contribution is 5.85. The highest BCUT2D eigenvalue weighted by Gasteiger charge is 2.29. The third-order valence-corrected chi connectivity index (χ3v) is 7.36. The quantitative estimate of drug-likeness (QED) is 0.221. The number of nitrogens with zero attached hydrogens (tertiary/aromatic N) is 2. The lowest BCUT2D eigenvalue weighted by atomic mass is 10.0. The maximum Gasteiger partial charge on any atom is 0.407 e. The van der Waals surface area contributed by atoms with Crippen LogP contribution in [0.3, 0.4) is 0 Å². The smallest absolute Gasteiger partial charge is 0.407 e. The molecule has 5 rings (SSSR count). The standard InChI is InChI=1S/C31H35N5O7/c1-31(2,3)43-30(39)33-21-9-10-35(17-21)29(38)12-18-5-7-23-25(11-18)32-16-22-24(34-23)13-20(14-27(22)37)19-6-8-26(36(40)41)28(15-19)42-4/h5-8,11,13-15,21,32,34,37H,9-10,12,16-17H2,1-4H3,(H,33,39). The zero-order chi connectivity index (χ0) is 30.9. The summed E-state index contributed by atoms with van der Waals surface area (Å²) in [6.45, 7) is 6.75. The summed E-state index contributed by atoms with van der Waals surface area (Å²) in [5, 5.41) is 31.8. The largest absolute Gasteiger partial charge is 0.507 e. The van der Waals surface area contributed by atoms with Gasteiger partial charge in [-0.05, 0) is 80.3 Å². The van der Waals surface area contributed by atoms with E-state index in [-0.39, 0.29) is 35.6 Å². The number of nitrogens with one attached hydrogen (secondary N) is 3. The summed E-state index contributed by atoms with van der Waals surface area (Å²) < 4.78 is 10.5. The number of hydrogen-bond donors (Lipinski definition) is 4. The average molecular weight is 590 g/mol. The minimum absolute atomic E-state index is 0.0286. The van der Waals surface area contributed by atoms with Gasteiger partial charge in [-0.2, -0.15) is 0 Å². The van der Waals surface area contributed by atoms with E-state index in [1.807, 2.05) is 24.3 Å². The van der Waals surface area contributed by atoms with Gasteiger partial charge in [0.2, 0.25) is 5.91 Å². The van der Waals surface area contributed by atoms with Gasteiger partial charge >= 0.3 is 11.8 Å². The molecule has 2 aliphatic heterocycles. The second kappa shape index (κ2) is 11.7. The van der Waals surface area contributed by atoms with E-state index in [4.69, 9.17) is 9.47 Å². The van der Waals surface area contributed by atoms with Gasteiger partial charge in [0.1, 0.15) is 11.4 Å². The first kappa shape index (κ1) is 29.5. The summed E-state index contributed by atoms with van der Waals surface area (Å²) in [4.78, 5) is 37.7. The number of rotatable bonds is 6. The molecule has 0 radical (unpaired) electrons. The second-order valence-corrected chi connectivity index (χ2v) is 11.7. The fraction of sp³-hybridized carbons (Fsp3) is 0.355. The Morgan fingerprint density at radius 2 is 1.88 bits per heavy atom. The first-order valence-corrected chi connectivity index (χ1v) is 14.0. The van der Waals surface area contributed by atoms with Gasteiger partial charge in [-0.3, -0.25) is 14.9 Å². The number of carbonyl (C=O) groups is 2. The van der Waals surface area contributed by atoms with Crippen LogP contribution in [0.15, 0.2) is 48.5 Å². The van der Waals surface area contributed by atoms with Crippen molar-refractivity contribution >= 4 is 34.7 Å². The summed E-state index contributed by atoms with van der Waals surface area (Å²) in [6, 6.07) is 13.6. The molecule has 3 aromatic rings. The molecule has 12 nitrogen and oxygen atoms in total. The van der Waals surface area contributed by atoms with Crippen LogP contribution in [0.5, 0.6) is 11.5 Å². The van der Waals surface area contributed by atoms with E-state index in [2.05, 4.69) is 16.0 Å². The number of nitro benzene ring substituents is 1. The molecule has 1 unspecified atom stereocenters. The summed E-state index contributed by atoms with van der Waals surface area (Å²) in [5.41, 5.74) is 4.31. The van der Waals surface area contributed by atoms with Gasteiger partial charge in [-0.25, -0.2) is 4.79 Å². The van der Waals surface area contributed by atoms with Gasteiger partial charge in [0.15, 0.2) is 5.75 Å². The number of nitro groups is 1. The third kappa shape index (κ3) is 6.74. The van der Waals surface area contributed by atoms with Crippen LogP contribution in [-0.2, 0) is 22.5 Å². The van der Waals surface area contributed by atoms with Crippen LogP contribution in [0, 0.1) is 10.1 Å². The first-order valence-electron chi connectivity index (χ1n) is 14.0. The minimum Gasteiger partial charge on any atom is -0.507 e. The molecule has 1 atom stereocenters.